The van der Waals surface area contributed by atoms with E-state index in [0.717, 1.165) is 55.6 Å². The summed E-state index contributed by atoms with van der Waals surface area (Å²) in [6, 6.07) is 5.99. The summed E-state index contributed by atoms with van der Waals surface area (Å²) in [4.78, 5) is 14.7. The van der Waals surface area contributed by atoms with Crippen LogP contribution in [0.3, 0.4) is 0 Å². The molecule has 0 amide bonds. The van der Waals surface area contributed by atoms with Gasteiger partial charge in [0.1, 0.15) is 0 Å². The van der Waals surface area contributed by atoms with Crippen LogP contribution in [0.1, 0.15) is 29.4 Å². The zero-order chi connectivity index (χ0) is 16.3. The van der Waals surface area contributed by atoms with Gasteiger partial charge in [0.25, 0.3) is 0 Å². The van der Waals surface area contributed by atoms with Gasteiger partial charge in [0, 0.05) is 55.4 Å². The minimum absolute atomic E-state index is 0. The van der Waals surface area contributed by atoms with E-state index in [0.29, 0.717) is 0 Å². The Balaban J connectivity index is 0.00000288. The second kappa shape index (κ2) is 12.2. The van der Waals surface area contributed by atoms with Crippen LogP contribution in [-0.2, 0) is 19.3 Å². The van der Waals surface area contributed by atoms with E-state index < -0.39 is 0 Å². The van der Waals surface area contributed by atoms with Crippen molar-refractivity contribution in [1.82, 2.24) is 20.6 Å². The van der Waals surface area contributed by atoms with Crippen molar-refractivity contribution in [2.75, 3.05) is 19.6 Å². The molecule has 132 valence electrons. The number of hydrogen-bond donors (Lipinski definition) is 2. The highest BCUT2D eigenvalue weighted by atomic mass is 127. The van der Waals surface area contributed by atoms with E-state index in [1.807, 2.05) is 30.6 Å². The second-order valence-electron chi connectivity index (χ2n) is 5.08. The summed E-state index contributed by atoms with van der Waals surface area (Å²) < 4.78 is 0. The fourth-order valence-electron chi connectivity index (χ4n) is 2.09. The minimum atomic E-state index is 0. The van der Waals surface area contributed by atoms with Gasteiger partial charge in [-0.1, -0.05) is 13.0 Å². The molecule has 0 unspecified atom stereocenters. The van der Waals surface area contributed by atoms with E-state index in [-0.39, 0.29) is 24.0 Å². The number of nitrogens with zero attached hydrogens (tertiary/aromatic N) is 3. The van der Waals surface area contributed by atoms with Crippen molar-refractivity contribution >= 4 is 41.3 Å². The number of pyridine rings is 1. The molecule has 0 aliphatic heterocycles. The van der Waals surface area contributed by atoms with Gasteiger partial charge in [-0.05, 0) is 25.5 Å². The Morgan fingerprint density at radius 3 is 2.71 bits per heavy atom. The van der Waals surface area contributed by atoms with Crippen molar-refractivity contribution in [3.63, 3.8) is 0 Å². The second-order valence-corrected chi connectivity index (χ2v) is 6.28. The average Bonchev–Trinajstić information content (AvgIpc) is 3.04. The lowest BCUT2D eigenvalue weighted by atomic mass is 10.3. The monoisotopic (exact) mass is 459 g/mol. The zero-order valence-electron chi connectivity index (χ0n) is 14.3. The number of aliphatic imine (C=N–C) groups is 1. The topological polar surface area (TPSA) is 62.2 Å². The number of rotatable bonds is 8. The molecule has 2 aromatic rings. The maximum Gasteiger partial charge on any atom is 0.191 e. The molecule has 0 spiro atoms. The van der Waals surface area contributed by atoms with Crippen LogP contribution >= 0.6 is 35.3 Å². The van der Waals surface area contributed by atoms with Crippen LogP contribution in [0, 0.1) is 0 Å². The number of thiazole rings is 1. The first-order valence-corrected chi connectivity index (χ1v) is 8.99. The van der Waals surface area contributed by atoms with E-state index in [9.17, 15) is 0 Å². The molecule has 0 fully saturated rings. The standard InChI is InChI=1S/C17H25N5S.HI/c1-3-15-13-22-16(23-15)9-12-21-17(18-4-2)20-11-8-14-7-5-6-10-19-14;/h5-7,10,13H,3-4,8-9,11-12H2,1-2H3,(H2,18,20,21);1H. The highest BCUT2D eigenvalue weighted by molar-refractivity contribution is 14.0. The van der Waals surface area contributed by atoms with Gasteiger partial charge < -0.3 is 10.6 Å². The molecule has 24 heavy (non-hydrogen) atoms. The molecule has 0 saturated heterocycles. The molecule has 0 bridgehead atoms. The van der Waals surface area contributed by atoms with Crippen LogP contribution in [0.2, 0.25) is 0 Å². The molecule has 2 rings (SSSR count). The summed E-state index contributed by atoms with van der Waals surface area (Å²) in [7, 11) is 0. The van der Waals surface area contributed by atoms with Gasteiger partial charge in [0.05, 0.1) is 5.01 Å². The highest BCUT2D eigenvalue weighted by Gasteiger charge is 2.01. The Morgan fingerprint density at radius 1 is 1.17 bits per heavy atom. The quantitative estimate of drug-likeness (QED) is 0.362. The molecular formula is C17H26IN5S. The van der Waals surface area contributed by atoms with Gasteiger partial charge in [0.15, 0.2) is 5.96 Å². The first-order valence-electron chi connectivity index (χ1n) is 8.17. The maximum atomic E-state index is 4.62. The first kappa shape index (κ1) is 20.8. The van der Waals surface area contributed by atoms with Crippen LogP contribution < -0.4 is 10.6 Å². The Bertz CT molecular complexity index is 600. The molecule has 0 aromatic carbocycles. The van der Waals surface area contributed by atoms with Crippen LogP contribution in [0.5, 0.6) is 0 Å². The van der Waals surface area contributed by atoms with E-state index in [4.69, 9.17) is 0 Å². The summed E-state index contributed by atoms with van der Waals surface area (Å²) in [6.07, 6.45) is 6.63. The lowest BCUT2D eigenvalue weighted by Gasteiger charge is -2.10. The Morgan fingerprint density at radius 2 is 2.04 bits per heavy atom. The third kappa shape index (κ3) is 7.57. The van der Waals surface area contributed by atoms with Crippen molar-refractivity contribution < 1.29 is 0 Å². The van der Waals surface area contributed by atoms with Crippen LogP contribution in [0.4, 0.5) is 0 Å². The Labute approximate surface area is 165 Å². The van der Waals surface area contributed by atoms with Crippen LogP contribution in [0.15, 0.2) is 35.6 Å². The number of aryl methyl sites for hydroxylation is 1. The predicted octanol–water partition coefficient (Wildman–Crippen LogP) is 3.06. The zero-order valence-corrected chi connectivity index (χ0v) is 17.4. The molecule has 0 saturated carbocycles. The Kier molecular flexibility index (Phi) is 10.6. The lowest BCUT2D eigenvalue weighted by molar-refractivity contribution is 0.785. The predicted molar refractivity (Wildman–Crippen MR) is 113 cm³/mol. The minimum Gasteiger partial charge on any atom is -0.357 e. The summed E-state index contributed by atoms with van der Waals surface area (Å²) in [5, 5.41) is 7.79. The summed E-state index contributed by atoms with van der Waals surface area (Å²) in [6.45, 7) is 6.65. The molecular weight excluding hydrogens is 433 g/mol. The number of hydrogen-bond acceptors (Lipinski definition) is 4. The van der Waals surface area contributed by atoms with E-state index in [1.54, 1.807) is 11.3 Å². The fraction of sp³-hybridized carbons (Fsp3) is 0.471. The van der Waals surface area contributed by atoms with E-state index >= 15 is 0 Å². The first-order chi connectivity index (χ1) is 11.3. The van der Waals surface area contributed by atoms with E-state index in [2.05, 4.69) is 39.4 Å². The number of halogens is 1. The highest BCUT2D eigenvalue weighted by Crippen LogP contribution is 2.13. The molecule has 2 N–H and O–H groups in total. The van der Waals surface area contributed by atoms with Gasteiger partial charge in [0.2, 0.25) is 0 Å². The number of aromatic nitrogens is 2. The summed E-state index contributed by atoms with van der Waals surface area (Å²) in [5.74, 6) is 0.857. The fourth-order valence-corrected chi connectivity index (χ4v) is 2.94. The molecule has 0 aliphatic rings. The lowest BCUT2D eigenvalue weighted by Crippen LogP contribution is -2.38. The van der Waals surface area contributed by atoms with Gasteiger partial charge in [-0.3, -0.25) is 9.98 Å². The van der Waals surface area contributed by atoms with Gasteiger partial charge >= 0.3 is 0 Å². The molecule has 2 heterocycles. The third-order valence-corrected chi connectivity index (χ3v) is 4.49. The molecule has 0 aliphatic carbocycles. The number of nitrogens with one attached hydrogen (secondary N) is 2. The van der Waals surface area contributed by atoms with Crippen molar-refractivity contribution in [2.24, 2.45) is 4.99 Å². The third-order valence-electron chi connectivity index (χ3n) is 3.29. The largest absolute Gasteiger partial charge is 0.357 e. The van der Waals surface area contributed by atoms with Crippen molar-refractivity contribution in [3.05, 3.63) is 46.2 Å². The normalized spacial score (nSPS) is 11.0. The number of guanidine groups is 1. The van der Waals surface area contributed by atoms with E-state index in [1.165, 1.54) is 4.88 Å². The Hall–Kier alpha value is -1.22. The smallest absolute Gasteiger partial charge is 0.191 e. The van der Waals surface area contributed by atoms with Gasteiger partial charge in [-0.2, -0.15) is 0 Å². The van der Waals surface area contributed by atoms with Crippen molar-refractivity contribution in [3.8, 4) is 0 Å². The van der Waals surface area contributed by atoms with Gasteiger partial charge in [-0.25, -0.2) is 4.98 Å². The molecule has 5 nitrogen and oxygen atoms in total. The molecule has 7 heteroatoms. The summed E-state index contributed by atoms with van der Waals surface area (Å²) in [5.41, 5.74) is 1.09. The van der Waals surface area contributed by atoms with Crippen molar-refractivity contribution in [1.29, 1.82) is 0 Å². The average molecular weight is 459 g/mol. The van der Waals surface area contributed by atoms with Crippen molar-refractivity contribution in [2.45, 2.75) is 33.1 Å². The summed E-state index contributed by atoms with van der Waals surface area (Å²) >= 11 is 1.78. The SMILES string of the molecule is CCNC(=NCCc1ncc(CC)s1)NCCc1ccccn1.I. The van der Waals surface area contributed by atoms with Crippen LogP contribution in [0.25, 0.3) is 0 Å². The molecule has 0 radical (unpaired) electrons. The molecule has 2 aromatic heterocycles. The molecule has 0 atom stereocenters. The van der Waals surface area contributed by atoms with Crippen LogP contribution in [-0.4, -0.2) is 35.6 Å². The maximum absolute atomic E-state index is 4.62. The van der Waals surface area contributed by atoms with Gasteiger partial charge in [-0.15, -0.1) is 35.3 Å².